The van der Waals surface area contributed by atoms with Crippen LogP contribution in [0.3, 0.4) is 0 Å². The van der Waals surface area contributed by atoms with Gasteiger partial charge >= 0.3 is 0 Å². The third kappa shape index (κ3) is 5.54. The van der Waals surface area contributed by atoms with Gasteiger partial charge in [0, 0.05) is 18.3 Å². The second-order valence-electron chi connectivity index (χ2n) is 6.77. The lowest BCUT2D eigenvalue weighted by Crippen LogP contribution is -2.15. The SMILES string of the molecule is CCn1c(COc2cccc(OC)c2)nnc1SCC(=O)Nc1ccc(C)cc1C. The molecule has 1 heterocycles. The average molecular weight is 427 g/mol. The maximum Gasteiger partial charge on any atom is 0.234 e. The zero-order valence-corrected chi connectivity index (χ0v) is 18.5. The van der Waals surface area contributed by atoms with E-state index in [0.29, 0.717) is 23.3 Å². The van der Waals surface area contributed by atoms with Gasteiger partial charge in [0.25, 0.3) is 0 Å². The molecule has 3 aromatic rings. The highest BCUT2D eigenvalue weighted by Gasteiger charge is 2.14. The first-order valence-electron chi connectivity index (χ1n) is 9.69. The molecular weight excluding hydrogens is 400 g/mol. The number of benzene rings is 2. The molecule has 0 atom stereocenters. The minimum absolute atomic E-state index is 0.0770. The number of rotatable bonds is 9. The van der Waals surface area contributed by atoms with E-state index in [1.807, 2.05) is 67.8 Å². The molecule has 0 aliphatic rings. The summed E-state index contributed by atoms with van der Waals surface area (Å²) in [5.74, 6) is 2.31. The number of anilines is 1. The van der Waals surface area contributed by atoms with Gasteiger partial charge in [-0.1, -0.05) is 35.5 Å². The summed E-state index contributed by atoms with van der Waals surface area (Å²) < 4.78 is 13.0. The van der Waals surface area contributed by atoms with Crippen LogP contribution >= 0.6 is 11.8 Å². The normalized spacial score (nSPS) is 10.7. The van der Waals surface area contributed by atoms with E-state index in [1.54, 1.807) is 7.11 Å². The third-order valence-electron chi connectivity index (χ3n) is 4.51. The molecule has 0 unspecified atom stereocenters. The van der Waals surface area contributed by atoms with E-state index in [0.717, 1.165) is 17.0 Å². The van der Waals surface area contributed by atoms with Crippen molar-refractivity contribution in [1.82, 2.24) is 14.8 Å². The van der Waals surface area contributed by atoms with E-state index < -0.39 is 0 Å². The summed E-state index contributed by atoms with van der Waals surface area (Å²) >= 11 is 1.36. The van der Waals surface area contributed by atoms with Gasteiger partial charge in [0.1, 0.15) is 18.1 Å². The zero-order valence-electron chi connectivity index (χ0n) is 17.6. The second kappa shape index (κ2) is 10.2. The quantitative estimate of drug-likeness (QED) is 0.516. The second-order valence-corrected chi connectivity index (χ2v) is 7.71. The van der Waals surface area contributed by atoms with Crippen molar-refractivity contribution < 1.29 is 14.3 Å². The predicted octanol–water partition coefficient (Wildman–Crippen LogP) is 4.23. The Labute approximate surface area is 180 Å². The van der Waals surface area contributed by atoms with Crippen molar-refractivity contribution >= 4 is 23.4 Å². The van der Waals surface area contributed by atoms with Crippen LogP contribution < -0.4 is 14.8 Å². The largest absolute Gasteiger partial charge is 0.497 e. The smallest absolute Gasteiger partial charge is 0.234 e. The Hall–Kier alpha value is -3.00. The molecule has 3 rings (SSSR count). The molecule has 30 heavy (non-hydrogen) atoms. The Bertz CT molecular complexity index is 1020. The number of hydrogen-bond donors (Lipinski definition) is 1. The maximum atomic E-state index is 12.4. The predicted molar refractivity (Wildman–Crippen MR) is 118 cm³/mol. The van der Waals surface area contributed by atoms with Crippen LogP contribution in [-0.2, 0) is 17.9 Å². The van der Waals surface area contributed by atoms with E-state index >= 15 is 0 Å². The average Bonchev–Trinajstić information content (AvgIpc) is 3.14. The number of carbonyl (C=O) groups excluding carboxylic acids is 1. The first-order chi connectivity index (χ1) is 14.5. The number of thioether (sulfide) groups is 1. The topological polar surface area (TPSA) is 78.3 Å². The van der Waals surface area contributed by atoms with Crippen molar-refractivity contribution in [3.05, 3.63) is 59.4 Å². The standard InChI is InChI=1S/C22H26N4O3S/c1-5-26-20(13-29-18-8-6-7-17(12-18)28-4)24-25-22(26)30-14-21(27)23-19-10-9-15(2)11-16(19)3/h6-12H,5,13-14H2,1-4H3,(H,23,27). The van der Waals surface area contributed by atoms with Gasteiger partial charge in [0.2, 0.25) is 5.91 Å². The van der Waals surface area contributed by atoms with E-state index in [4.69, 9.17) is 9.47 Å². The van der Waals surface area contributed by atoms with Crippen LogP contribution in [0.1, 0.15) is 23.9 Å². The van der Waals surface area contributed by atoms with Crippen molar-refractivity contribution in [2.75, 3.05) is 18.2 Å². The summed E-state index contributed by atoms with van der Waals surface area (Å²) in [5, 5.41) is 12.1. The van der Waals surface area contributed by atoms with Gasteiger partial charge < -0.3 is 19.4 Å². The van der Waals surface area contributed by atoms with Crippen LogP contribution in [0.25, 0.3) is 0 Å². The van der Waals surface area contributed by atoms with Crippen LogP contribution in [0, 0.1) is 13.8 Å². The van der Waals surface area contributed by atoms with Crippen molar-refractivity contribution in [1.29, 1.82) is 0 Å². The molecule has 0 spiro atoms. The monoisotopic (exact) mass is 426 g/mol. The highest BCUT2D eigenvalue weighted by atomic mass is 32.2. The van der Waals surface area contributed by atoms with Gasteiger partial charge in [0.05, 0.1) is 12.9 Å². The lowest BCUT2D eigenvalue weighted by molar-refractivity contribution is -0.113. The molecule has 2 aromatic carbocycles. The fraction of sp³-hybridized carbons (Fsp3) is 0.318. The molecule has 8 heteroatoms. The number of methoxy groups -OCH3 is 1. The zero-order chi connectivity index (χ0) is 21.5. The number of nitrogens with zero attached hydrogens (tertiary/aromatic N) is 3. The highest BCUT2D eigenvalue weighted by Crippen LogP contribution is 2.22. The fourth-order valence-electron chi connectivity index (χ4n) is 2.96. The molecule has 158 valence electrons. The van der Waals surface area contributed by atoms with Crippen LogP contribution in [0.2, 0.25) is 0 Å². The first-order valence-corrected chi connectivity index (χ1v) is 10.7. The Kier molecular flexibility index (Phi) is 7.35. The molecule has 1 amide bonds. The van der Waals surface area contributed by atoms with Crippen molar-refractivity contribution in [2.45, 2.75) is 39.1 Å². The minimum atomic E-state index is -0.0770. The summed E-state index contributed by atoms with van der Waals surface area (Å²) in [5.41, 5.74) is 3.04. The van der Waals surface area contributed by atoms with Crippen molar-refractivity contribution in [3.8, 4) is 11.5 Å². The number of hydrogen-bond acceptors (Lipinski definition) is 6. The van der Waals surface area contributed by atoms with Gasteiger partial charge in [-0.3, -0.25) is 4.79 Å². The van der Waals surface area contributed by atoms with E-state index in [2.05, 4.69) is 15.5 Å². The number of aromatic nitrogens is 3. The van der Waals surface area contributed by atoms with Gasteiger partial charge in [0.15, 0.2) is 11.0 Å². The highest BCUT2D eigenvalue weighted by molar-refractivity contribution is 7.99. The Morgan fingerprint density at radius 2 is 1.93 bits per heavy atom. The van der Waals surface area contributed by atoms with Crippen molar-refractivity contribution in [3.63, 3.8) is 0 Å². The van der Waals surface area contributed by atoms with Crippen LogP contribution in [0.15, 0.2) is 47.6 Å². The summed E-state index contributed by atoms with van der Waals surface area (Å²) in [6.07, 6.45) is 0. The maximum absolute atomic E-state index is 12.4. The van der Waals surface area contributed by atoms with Crippen molar-refractivity contribution in [2.24, 2.45) is 0 Å². The molecule has 0 saturated heterocycles. The van der Waals surface area contributed by atoms with E-state index in [1.165, 1.54) is 17.3 Å². The fourth-order valence-corrected chi connectivity index (χ4v) is 3.78. The number of nitrogens with one attached hydrogen (secondary N) is 1. The molecular formula is C22H26N4O3S. The molecule has 1 aromatic heterocycles. The molecule has 0 saturated carbocycles. The molecule has 0 fully saturated rings. The lowest BCUT2D eigenvalue weighted by atomic mass is 10.1. The third-order valence-corrected chi connectivity index (χ3v) is 5.47. The van der Waals surface area contributed by atoms with Gasteiger partial charge in [-0.25, -0.2) is 0 Å². The van der Waals surface area contributed by atoms with E-state index in [-0.39, 0.29) is 18.3 Å². The Morgan fingerprint density at radius 1 is 1.13 bits per heavy atom. The summed E-state index contributed by atoms with van der Waals surface area (Å²) in [6.45, 7) is 6.99. The number of amides is 1. The Balaban J connectivity index is 1.58. The number of carbonyl (C=O) groups is 1. The molecule has 0 aliphatic carbocycles. The van der Waals surface area contributed by atoms with Gasteiger partial charge in [-0.05, 0) is 44.5 Å². The van der Waals surface area contributed by atoms with E-state index in [9.17, 15) is 4.79 Å². The summed E-state index contributed by atoms with van der Waals surface area (Å²) in [6, 6.07) is 13.4. The Morgan fingerprint density at radius 3 is 2.67 bits per heavy atom. The van der Waals surface area contributed by atoms with Crippen LogP contribution in [0.5, 0.6) is 11.5 Å². The molecule has 1 N–H and O–H groups in total. The molecule has 0 radical (unpaired) electrons. The molecule has 0 bridgehead atoms. The number of ether oxygens (including phenoxy) is 2. The molecule has 7 nitrogen and oxygen atoms in total. The van der Waals surface area contributed by atoms with Crippen LogP contribution in [0.4, 0.5) is 5.69 Å². The van der Waals surface area contributed by atoms with Crippen LogP contribution in [-0.4, -0.2) is 33.5 Å². The first kappa shape index (κ1) is 21.7. The summed E-state index contributed by atoms with van der Waals surface area (Å²) in [4.78, 5) is 12.4. The van der Waals surface area contributed by atoms with Gasteiger partial charge in [-0.2, -0.15) is 0 Å². The molecule has 0 aliphatic heterocycles. The number of aryl methyl sites for hydroxylation is 2. The summed E-state index contributed by atoms with van der Waals surface area (Å²) in [7, 11) is 1.62. The lowest BCUT2D eigenvalue weighted by Gasteiger charge is -2.10. The van der Waals surface area contributed by atoms with Gasteiger partial charge in [-0.15, -0.1) is 10.2 Å². The minimum Gasteiger partial charge on any atom is -0.497 e.